The van der Waals surface area contributed by atoms with Crippen LogP contribution < -0.4 is 10.1 Å². The van der Waals surface area contributed by atoms with Crippen LogP contribution in [-0.4, -0.2) is 43.7 Å². The van der Waals surface area contributed by atoms with Crippen molar-refractivity contribution in [1.29, 1.82) is 0 Å². The Kier molecular flexibility index (Phi) is 11.6. The molecule has 0 radical (unpaired) electrons. The van der Waals surface area contributed by atoms with E-state index in [1.54, 1.807) is 19.2 Å². The van der Waals surface area contributed by atoms with Crippen molar-refractivity contribution in [2.45, 2.75) is 38.0 Å². The molecule has 0 saturated carbocycles. The number of rotatable bonds is 10. The van der Waals surface area contributed by atoms with Gasteiger partial charge in [-0.3, -0.25) is 10.1 Å². The fraction of sp³-hybridized carbons (Fsp3) is 0.345. The van der Waals surface area contributed by atoms with Crippen LogP contribution in [0.1, 0.15) is 35.4 Å². The first kappa shape index (κ1) is 29.3. The molecule has 1 saturated heterocycles. The monoisotopic (exact) mass is 562 g/mol. The molecular formula is C29H33Cl3N2O3. The van der Waals surface area contributed by atoms with E-state index in [9.17, 15) is 4.79 Å². The summed E-state index contributed by atoms with van der Waals surface area (Å²) >= 11 is 12.1. The second-order valence-electron chi connectivity index (χ2n) is 9.02. The molecule has 1 fully saturated rings. The van der Waals surface area contributed by atoms with Gasteiger partial charge in [-0.2, -0.15) is 0 Å². The summed E-state index contributed by atoms with van der Waals surface area (Å²) in [5.74, 6) is 1.37. The smallest absolute Gasteiger partial charge is 0.242 e. The summed E-state index contributed by atoms with van der Waals surface area (Å²) in [7, 11) is 1.71. The van der Waals surface area contributed by atoms with E-state index < -0.39 is 6.04 Å². The summed E-state index contributed by atoms with van der Waals surface area (Å²) < 4.78 is 11.5. The zero-order chi connectivity index (χ0) is 25.3. The van der Waals surface area contributed by atoms with Crippen molar-refractivity contribution in [1.82, 2.24) is 10.2 Å². The standard InChI is InChI=1S/C29H32Cl2N2O3.ClH/c1-35-28-10-6-5-9-24(28)23-13-15-33(16-14-23)29(34)27(32-18-21-7-3-2-4-8-21)20-36-19-22-11-12-25(30)26(31)17-22;/h2-12,17,23,27,32H,13-16,18-20H2,1H3;1H. The van der Waals surface area contributed by atoms with Gasteiger partial charge < -0.3 is 14.4 Å². The summed E-state index contributed by atoms with van der Waals surface area (Å²) in [6.45, 7) is 2.61. The lowest BCUT2D eigenvalue weighted by Gasteiger charge is -2.35. The van der Waals surface area contributed by atoms with E-state index in [-0.39, 0.29) is 24.9 Å². The van der Waals surface area contributed by atoms with Crippen molar-refractivity contribution >= 4 is 41.5 Å². The summed E-state index contributed by atoms with van der Waals surface area (Å²) in [4.78, 5) is 15.5. The molecule has 1 amide bonds. The number of nitrogens with one attached hydrogen (secondary N) is 1. The van der Waals surface area contributed by atoms with Crippen LogP contribution in [0.25, 0.3) is 0 Å². The van der Waals surface area contributed by atoms with Gasteiger partial charge in [0.15, 0.2) is 0 Å². The molecule has 0 aromatic heterocycles. The van der Waals surface area contributed by atoms with Gasteiger partial charge in [0.2, 0.25) is 5.91 Å². The second-order valence-corrected chi connectivity index (χ2v) is 9.84. The van der Waals surface area contributed by atoms with Gasteiger partial charge in [0.25, 0.3) is 0 Å². The molecule has 8 heteroatoms. The largest absolute Gasteiger partial charge is 0.496 e. The van der Waals surface area contributed by atoms with Gasteiger partial charge in [0, 0.05) is 19.6 Å². The first-order valence-electron chi connectivity index (χ1n) is 12.3. The lowest BCUT2D eigenvalue weighted by molar-refractivity contribution is -0.136. The number of ether oxygens (including phenoxy) is 2. The summed E-state index contributed by atoms with van der Waals surface area (Å²) in [5, 5.41) is 4.42. The van der Waals surface area contributed by atoms with Crippen LogP contribution in [-0.2, 0) is 22.7 Å². The molecule has 0 bridgehead atoms. The van der Waals surface area contributed by atoms with Gasteiger partial charge in [-0.05, 0) is 53.6 Å². The molecule has 1 unspecified atom stereocenters. The number of benzene rings is 3. The third-order valence-electron chi connectivity index (χ3n) is 6.62. The Morgan fingerprint density at radius 2 is 1.68 bits per heavy atom. The molecule has 198 valence electrons. The molecule has 3 aromatic rings. The average molecular weight is 564 g/mol. The molecule has 1 N–H and O–H groups in total. The molecule has 0 aliphatic carbocycles. The van der Waals surface area contributed by atoms with E-state index in [1.165, 1.54) is 5.56 Å². The number of methoxy groups -OCH3 is 1. The number of hydrogen-bond donors (Lipinski definition) is 1. The number of carbonyl (C=O) groups is 1. The molecule has 1 atom stereocenters. The predicted octanol–water partition coefficient (Wildman–Crippen LogP) is 6.51. The Labute approximate surface area is 235 Å². The lowest BCUT2D eigenvalue weighted by Crippen LogP contribution is -2.50. The number of hydrogen-bond acceptors (Lipinski definition) is 4. The third-order valence-corrected chi connectivity index (χ3v) is 7.36. The molecule has 0 spiro atoms. The summed E-state index contributed by atoms with van der Waals surface area (Å²) in [6, 6.07) is 23.2. The van der Waals surface area contributed by atoms with Gasteiger partial charge in [-0.15, -0.1) is 12.4 Å². The van der Waals surface area contributed by atoms with Crippen molar-refractivity contribution in [3.05, 3.63) is 99.5 Å². The van der Waals surface area contributed by atoms with Gasteiger partial charge >= 0.3 is 0 Å². The lowest BCUT2D eigenvalue weighted by atomic mass is 9.88. The third kappa shape index (κ3) is 8.10. The van der Waals surface area contributed by atoms with Crippen molar-refractivity contribution in [2.24, 2.45) is 0 Å². The minimum absolute atomic E-state index is 0. The predicted molar refractivity (Wildman–Crippen MR) is 152 cm³/mol. The number of halogens is 3. The number of para-hydroxylation sites is 1. The van der Waals surface area contributed by atoms with Crippen LogP contribution in [0.3, 0.4) is 0 Å². The number of carbonyl (C=O) groups excluding carboxylic acids is 1. The second kappa shape index (κ2) is 14.6. The minimum atomic E-state index is -0.448. The number of likely N-dealkylation sites (tertiary alicyclic amines) is 1. The fourth-order valence-corrected chi connectivity index (χ4v) is 4.93. The molecule has 1 aliphatic heterocycles. The Morgan fingerprint density at radius 1 is 0.973 bits per heavy atom. The number of nitrogens with zero attached hydrogens (tertiary/aromatic N) is 1. The quantitative estimate of drug-likeness (QED) is 0.306. The van der Waals surface area contributed by atoms with Crippen LogP contribution >= 0.6 is 35.6 Å². The number of piperidine rings is 1. The summed E-state index contributed by atoms with van der Waals surface area (Å²) in [5.41, 5.74) is 3.25. The van der Waals surface area contributed by atoms with Crippen LogP contribution in [0, 0.1) is 0 Å². The Morgan fingerprint density at radius 3 is 2.38 bits per heavy atom. The molecular weight excluding hydrogens is 531 g/mol. The van der Waals surface area contributed by atoms with Gasteiger partial charge in [-0.25, -0.2) is 0 Å². The van der Waals surface area contributed by atoms with Crippen LogP contribution in [0.4, 0.5) is 0 Å². The topological polar surface area (TPSA) is 50.8 Å². The van der Waals surface area contributed by atoms with E-state index in [0.717, 1.165) is 29.7 Å². The van der Waals surface area contributed by atoms with Crippen LogP contribution in [0.5, 0.6) is 5.75 Å². The van der Waals surface area contributed by atoms with E-state index in [2.05, 4.69) is 11.4 Å². The van der Waals surface area contributed by atoms with Gasteiger partial charge in [0.1, 0.15) is 11.8 Å². The highest BCUT2D eigenvalue weighted by molar-refractivity contribution is 6.42. The molecule has 4 rings (SSSR count). The highest BCUT2D eigenvalue weighted by Crippen LogP contribution is 2.34. The van der Waals surface area contributed by atoms with Crippen molar-refractivity contribution in [3.8, 4) is 5.75 Å². The molecule has 5 nitrogen and oxygen atoms in total. The van der Waals surface area contributed by atoms with E-state index >= 15 is 0 Å². The van der Waals surface area contributed by atoms with E-state index in [0.29, 0.717) is 42.2 Å². The SMILES string of the molecule is COc1ccccc1C1CCN(C(=O)C(COCc2ccc(Cl)c(Cl)c2)NCc2ccccc2)CC1.Cl. The first-order chi connectivity index (χ1) is 17.5. The zero-order valence-electron chi connectivity index (χ0n) is 20.9. The molecule has 3 aromatic carbocycles. The van der Waals surface area contributed by atoms with E-state index in [4.69, 9.17) is 32.7 Å². The maximum atomic E-state index is 13.5. The van der Waals surface area contributed by atoms with Gasteiger partial charge in [-0.1, -0.05) is 77.8 Å². The molecule has 37 heavy (non-hydrogen) atoms. The summed E-state index contributed by atoms with van der Waals surface area (Å²) in [6.07, 6.45) is 1.81. The van der Waals surface area contributed by atoms with Crippen molar-refractivity contribution < 1.29 is 14.3 Å². The zero-order valence-corrected chi connectivity index (χ0v) is 23.2. The highest BCUT2D eigenvalue weighted by Gasteiger charge is 2.29. The average Bonchev–Trinajstić information content (AvgIpc) is 2.92. The minimum Gasteiger partial charge on any atom is -0.496 e. The van der Waals surface area contributed by atoms with Gasteiger partial charge in [0.05, 0.1) is 30.4 Å². The Balaban J connectivity index is 0.00000380. The highest BCUT2D eigenvalue weighted by atomic mass is 35.5. The Bertz CT molecular complexity index is 1140. The normalized spacial score (nSPS) is 14.6. The Hall–Kier alpha value is -2.28. The van der Waals surface area contributed by atoms with Crippen molar-refractivity contribution in [2.75, 3.05) is 26.8 Å². The molecule has 1 aliphatic rings. The van der Waals surface area contributed by atoms with Crippen LogP contribution in [0.15, 0.2) is 72.8 Å². The van der Waals surface area contributed by atoms with E-state index in [1.807, 2.05) is 59.5 Å². The molecule has 1 heterocycles. The first-order valence-corrected chi connectivity index (χ1v) is 13.0. The van der Waals surface area contributed by atoms with Crippen LogP contribution in [0.2, 0.25) is 10.0 Å². The van der Waals surface area contributed by atoms with Crippen molar-refractivity contribution in [3.63, 3.8) is 0 Å². The number of amides is 1. The maximum Gasteiger partial charge on any atom is 0.242 e. The fourth-order valence-electron chi connectivity index (χ4n) is 4.61. The maximum absolute atomic E-state index is 13.5.